The van der Waals surface area contributed by atoms with Crippen molar-refractivity contribution in [3.8, 4) is 0 Å². The molecule has 0 aliphatic carbocycles. The molecule has 2 bridgehead atoms. The molecular weight excluding hydrogens is 140 g/mol. The molecule has 2 heterocycles. The van der Waals surface area contributed by atoms with Crippen molar-refractivity contribution in [2.75, 3.05) is 6.61 Å². The lowest BCUT2D eigenvalue weighted by molar-refractivity contribution is 0.00652. The van der Waals surface area contributed by atoms with Gasteiger partial charge in [-0.25, -0.2) is 0 Å². The van der Waals surface area contributed by atoms with E-state index in [9.17, 15) is 5.11 Å². The van der Waals surface area contributed by atoms with Crippen LogP contribution in [0, 0.1) is 5.41 Å². The molecule has 2 aliphatic heterocycles. The molecule has 0 aromatic carbocycles. The smallest absolute Gasteiger partial charge is 0.0666 e. The number of aliphatic hydroxyl groups is 1. The lowest BCUT2D eigenvalue weighted by Gasteiger charge is -2.30. The van der Waals surface area contributed by atoms with E-state index in [1.807, 2.05) is 0 Å². The zero-order chi connectivity index (χ0) is 8.11. The van der Waals surface area contributed by atoms with Crippen molar-refractivity contribution in [1.29, 1.82) is 0 Å². The Balaban J connectivity index is 2.21. The first kappa shape index (κ1) is 7.56. The summed E-state index contributed by atoms with van der Waals surface area (Å²) in [7, 11) is 0. The van der Waals surface area contributed by atoms with Crippen molar-refractivity contribution in [3.63, 3.8) is 0 Å². The van der Waals surface area contributed by atoms with Crippen molar-refractivity contribution in [3.05, 3.63) is 0 Å². The average molecular weight is 156 g/mol. The van der Waals surface area contributed by atoms with Gasteiger partial charge in [-0.2, -0.15) is 0 Å². The van der Waals surface area contributed by atoms with Crippen molar-refractivity contribution < 1.29 is 9.84 Å². The second-order valence-electron chi connectivity index (χ2n) is 4.58. The van der Waals surface area contributed by atoms with Gasteiger partial charge in [0.15, 0.2) is 0 Å². The van der Waals surface area contributed by atoms with Gasteiger partial charge in [-0.1, -0.05) is 6.92 Å². The second kappa shape index (κ2) is 1.99. The van der Waals surface area contributed by atoms with E-state index in [1.165, 1.54) is 6.42 Å². The fourth-order valence-electron chi connectivity index (χ4n) is 2.64. The molecule has 2 rings (SSSR count). The second-order valence-corrected chi connectivity index (χ2v) is 4.58. The van der Waals surface area contributed by atoms with E-state index in [0.29, 0.717) is 6.10 Å². The third kappa shape index (κ3) is 0.926. The third-order valence-corrected chi connectivity index (χ3v) is 3.28. The van der Waals surface area contributed by atoms with Crippen LogP contribution in [0.25, 0.3) is 0 Å². The van der Waals surface area contributed by atoms with Gasteiger partial charge in [0, 0.05) is 5.41 Å². The van der Waals surface area contributed by atoms with Crippen molar-refractivity contribution in [2.45, 2.75) is 44.8 Å². The minimum absolute atomic E-state index is 0.0486. The van der Waals surface area contributed by atoms with Crippen LogP contribution in [0.3, 0.4) is 0 Å². The summed E-state index contributed by atoms with van der Waals surface area (Å²) in [4.78, 5) is 0. The van der Waals surface area contributed by atoms with Gasteiger partial charge in [-0.3, -0.25) is 0 Å². The van der Waals surface area contributed by atoms with E-state index in [4.69, 9.17) is 4.74 Å². The molecule has 3 atom stereocenters. The van der Waals surface area contributed by atoms with E-state index in [1.54, 1.807) is 0 Å². The number of ether oxygens (including phenoxy) is 1. The number of aliphatic hydroxyl groups excluding tert-OH is 1. The van der Waals surface area contributed by atoms with Crippen LogP contribution in [0.5, 0.6) is 0 Å². The first-order valence-electron chi connectivity index (χ1n) is 4.37. The minimum atomic E-state index is 0.0486. The Morgan fingerprint density at radius 2 is 2.27 bits per heavy atom. The molecule has 11 heavy (non-hydrogen) atoms. The summed E-state index contributed by atoms with van der Waals surface area (Å²) >= 11 is 0. The molecule has 0 saturated carbocycles. The summed E-state index contributed by atoms with van der Waals surface area (Å²) in [5.74, 6) is 0. The van der Waals surface area contributed by atoms with Crippen molar-refractivity contribution >= 4 is 0 Å². The van der Waals surface area contributed by atoms with Gasteiger partial charge in [0.2, 0.25) is 0 Å². The molecule has 0 radical (unpaired) electrons. The van der Waals surface area contributed by atoms with Crippen molar-refractivity contribution in [1.82, 2.24) is 0 Å². The molecular formula is C9H16O2. The first-order valence-corrected chi connectivity index (χ1v) is 4.37. The highest BCUT2D eigenvalue weighted by Crippen LogP contribution is 2.53. The van der Waals surface area contributed by atoms with Gasteiger partial charge in [-0.15, -0.1) is 0 Å². The lowest BCUT2D eigenvalue weighted by Crippen LogP contribution is -2.34. The van der Waals surface area contributed by atoms with Gasteiger partial charge >= 0.3 is 0 Å². The van der Waals surface area contributed by atoms with Crippen LogP contribution in [0.4, 0.5) is 0 Å². The van der Waals surface area contributed by atoms with Crippen LogP contribution < -0.4 is 0 Å². The highest BCUT2D eigenvalue weighted by molar-refractivity contribution is 5.04. The Kier molecular flexibility index (Phi) is 1.37. The normalized spacial score (nSPS) is 55.4. The predicted molar refractivity (Wildman–Crippen MR) is 42.3 cm³/mol. The largest absolute Gasteiger partial charge is 0.396 e. The summed E-state index contributed by atoms with van der Waals surface area (Å²) in [6, 6.07) is 0. The van der Waals surface area contributed by atoms with E-state index < -0.39 is 0 Å². The Hall–Kier alpha value is -0.0800. The Morgan fingerprint density at radius 3 is 2.55 bits per heavy atom. The Bertz CT molecular complexity index is 180. The molecule has 2 fully saturated rings. The third-order valence-electron chi connectivity index (χ3n) is 3.28. The fraction of sp³-hybridized carbons (Fsp3) is 1.00. The maximum Gasteiger partial charge on any atom is 0.0666 e. The topological polar surface area (TPSA) is 29.5 Å². The van der Waals surface area contributed by atoms with Crippen LogP contribution in [0.1, 0.15) is 33.1 Å². The highest BCUT2D eigenvalue weighted by Gasteiger charge is 2.55. The van der Waals surface area contributed by atoms with E-state index in [-0.39, 0.29) is 17.6 Å². The molecule has 3 unspecified atom stereocenters. The van der Waals surface area contributed by atoms with E-state index in [2.05, 4.69) is 13.8 Å². The summed E-state index contributed by atoms with van der Waals surface area (Å²) < 4.78 is 5.81. The number of hydrogen-bond acceptors (Lipinski definition) is 2. The van der Waals surface area contributed by atoms with Gasteiger partial charge in [0.05, 0.1) is 18.3 Å². The molecule has 1 N–H and O–H groups in total. The van der Waals surface area contributed by atoms with E-state index in [0.717, 1.165) is 12.8 Å². The molecule has 2 saturated heterocycles. The summed E-state index contributed by atoms with van der Waals surface area (Å²) in [5.41, 5.74) is 0.134. The zero-order valence-electron chi connectivity index (χ0n) is 7.26. The Morgan fingerprint density at radius 1 is 1.55 bits per heavy atom. The van der Waals surface area contributed by atoms with Crippen LogP contribution in [-0.4, -0.2) is 23.4 Å². The summed E-state index contributed by atoms with van der Waals surface area (Å²) in [6.07, 6.45) is 3.65. The van der Waals surface area contributed by atoms with Crippen LogP contribution in [-0.2, 0) is 4.74 Å². The standard InChI is InChI=1S/C9H16O2/c1-8(6-10)5-9(2)4-3-7(8)11-9/h7,10H,3-6H2,1-2H3. The monoisotopic (exact) mass is 156 g/mol. The van der Waals surface area contributed by atoms with E-state index >= 15 is 0 Å². The van der Waals surface area contributed by atoms with Gasteiger partial charge < -0.3 is 9.84 Å². The van der Waals surface area contributed by atoms with Gasteiger partial charge in [0.1, 0.15) is 0 Å². The number of fused-ring (bicyclic) bond motifs is 2. The summed E-state index contributed by atoms with van der Waals surface area (Å²) in [5, 5.41) is 9.18. The predicted octanol–water partition coefficient (Wildman–Crippen LogP) is 1.33. The van der Waals surface area contributed by atoms with Gasteiger partial charge in [-0.05, 0) is 26.2 Å². The zero-order valence-corrected chi connectivity index (χ0v) is 7.26. The van der Waals surface area contributed by atoms with Crippen LogP contribution >= 0.6 is 0 Å². The highest BCUT2D eigenvalue weighted by atomic mass is 16.5. The van der Waals surface area contributed by atoms with Crippen LogP contribution in [0.2, 0.25) is 0 Å². The van der Waals surface area contributed by atoms with Crippen molar-refractivity contribution in [2.24, 2.45) is 5.41 Å². The SMILES string of the molecule is CC12CCC(O1)C(C)(CO)C2. The number of hydrogen-bond donors (Lipinski definition) is 1. The summed E-state index contributed by atoms with van der Waals surface area (Å²) in [6.45, 7) is 4.56. The van der Waals surface area contributed by atoms with Gasteiger partial charge in [0.25, 0.3) is 0 Å². The molecule has 2 heteroatoms. The molecule has 0 spiro atoms. The maximum absolute atomic E-state index is 9.18. The minimum Gasteiger partial charge on any atom is -0.396 e. The molecule has 0 aromatic rings. The molecule has 2 aliphatic rings. The fourth-order valence-corrected chi connectivity index (χ4v) is 2.64. The molecule has 2 nitrogen and oxygen atoms in total. The molecule has 64 valence electrons. The molecule has 0 amide bonds. The first-order chi connectivity index (χ1) is 5.08. The average Bonchev–Trinajstić information content (AvgIpc) is 2.41. The number of rotatable bonds is 1. The van der Waals surface area contributed by atoms with Crippen LogP contribution in [0.15, 0.2) is 0 Å². The quantitative estimate of drug-likeness (QED) is 0.620. The Labute approximate surface area is 67.6 Å². The molecule has 0 aromatic heterocycles. The maximum atomic E-state index is 9.18. The lowest BCUT2D eigenvalue weighted by atomic mass is 9.72.